The number of aliphatic hydroxyl groups is 1. The van der Waals surface area contributed by atoms with Gasteiger partial charge in [-0.25, -0.2) is 0 Å². The van der Waals surface area contributed by atoms with Gasteiger partial charge in [-0.2, -0.15) is 0 Å². The van der Waals surface area contributed by atoms with Crippen LogP contribution in [0, 0.1) is 0 Å². The third-order valence-corrected chi connectivity index (χ3v) is 2.97. The van der Waals surface area contributed by atoms with Crippen LogP contribution in [0.2, 0.25) is 0 Å². The minimum atomic E-state index is -0.0948. The maximum Gasteiger partial charge on any atom is 0.272 e. The van der Waals surface area contributed by atoms with Gasteiger partial charge in [-0.15, -0.1) is 0 Å². The Hall–Kier alpha value is -1.46. The number of carbonyl (C=O) groups is 1. The predicted octanol–water partition coefficient (Wildman–Crippen LogP) is 0.825. The minimum absolute atomic E-state index is 0.0532. The Labute approximate surface area is 106 Å². The SMILES string of the molecule is C[C@@H]1CN(C(=O)c2cc(CO)ccn2)CCCO1. The van der Waals surface area contributed by atoms with E-state index < -0.39 is 0 Å². The maximum atomic E-state index is 12.3. The van der Waals surface area contributed by atoms with Crippen molar-refractivity contribution in [1.29, 1.82) is 0 Å². The summed E-state index contributed by atoms with van der Waals surface area (Å²) in [6, 6.07) is 3.34. The number of carbonyl (C=O) groups excluding carboxylic acids is 1. The van der Waals surface area contributed by atoms with Crippen molar-refractivity contribution in [3.63, 3.8) is 0 Å². The van der Waals surface area contributed by atoms with E-state index in [0.29, 0.717) is 31.0 Å². The third kappa shape index (κ3) is 3.05. The zero-order valence-corrected chi connectivity index (χ0v) is 10.5. The van der Waals surface area contributed by atoms with Gasteiger partial charge in [0.1, 0.15) is 5.69 Å². The lowest BCUT2D eigenvalue weighted by atomic mass is 10.2. The quantitative estimate of drug-likeness (QED) is 0.844. The molecule has 1 N–H and O–H groups in total. The van der Waals surface area contributed by atoms with Crippen molar-refractivity contribution in [2.75, 3.05) is 19.7 Å². The van der Waals surface area contributed by atoms with Gasteiger partial charge in [0.25, 0.3) is 5.91 Å². The highest BCUT2D eigenvalue weighted by Crippen LogP contribution is 2.10. The van der Waals surface area contributed by atoms with Gasteiger partial charge in [0.15, 0.2) is 0 Å². The fourth-order valence-electron chi connectivity index (χ4n) is 2.03. The molecule has 98 valence electrons. The average Bonchev–Trinajstić information content (AvgIpc) is 2.62. The Kier molecular flexibility index (Phi) is 4.28. The van der Waals surface area contributed by atoms with Gasteiger partial charge in [-0.3, -0.25) is 9.78 Å². The third-order valence-electron chi connectivity index (χ3n) is 2.97. The first kappa shape index (κ1) is 13.0. The van der Waals surface area contributed by atoms with Crippen LogP contribution in [-0.2, 0) is 11.3 Å². The van der Waals surface area contributed by atoms with Crippen molar-refractivity contribution >= 4 is 5.91 Å². The second-order valence-electron chi connectivity index (χ2n) is 4.49. The van der Waals surface area contributed by atoms with E-state index in [9.17, 15) is 4.79 Å². The Bertz CT molecular complexity index is 422. The van der Waals surface area contributed by atoms with Crippen molar-refractivity contribution in [3.05, 3.63) is 29.6 Å². The molecule has 0 aromatic carbocycles. The standard InChI is InChI=1S/C13H18N2O3/c1-10-8-15(5-2-6-18-10)13(17)12-7-11(9-16)3-4-14-12/h3-4,7,10,16H,2,5-6,8-9H2,1H3/t10-/m1/s1. The molecule has 5 heteroatoms. The van der Waals surface area contributed by atoms with Crippen molar-refractivity contribution in [2.45, 2.75) is 26.1 Å². The fraction of sp³-hybridized carbons (Fsp3) is 0.538. The summed E-state index contributed by atoms with van der Waals surface area (Å²) in [5.74, 6) is -0.0948. The molecule has 0 saturated carbocycles. The highest BCUT2D eigenvalue weighted by molar-refractivity contribution is 5.92. The molecule has 0 spiro atoms. The summed E-state index contributed by atoms with van der Waals surface area (Å²) in [6.45, 7) is 3.85. The number of nitrogens with zero attached hydrogens (tertiary/aromatic N) is 2. The summed E-state index contributed by atoms with van der Waals surface area (Å²) in [5.41, 5.74) is 1.09. The Balaban J connectivity index is 2.13. The van der Waals surface area contributed by atoms with E-state index in [2.05, 4.69) is 4.98 Å². The summed E-state index contributed by atoms with van der Waals surface area (Å²) in [5, 5.41) is 9.07. The molecule has 1 aliphatic heterocycles. The molecule has 1 aromatic rings. The molecule has 1 amide bonds. The van der Waals surface area contributed by atoms with Crippen LogP contribution in [0.5, 0.6) is 0 Å². The molecule has 1 aliphatic rings. The highest BCUT2D eigenvalue weighted by atomic mass is 16.5. The van der Waals surface area contributed by atoms with E-state index in [-0.39, 0.29) is 18.6 Å². The molecule has 1 atom stereocenters. The summed E-state index contributed by atoms with van der Waals surface area (Å²) >= 11 is 0. The molecule has 2 heterocycles. The first-order valence-electron chi connectivity index (χ1n) is 6.17. The van der Waals surface area contributed by atoms with Crippen LogP contribution in [0.4, 0.5) is 0 Å². The second-order valence-corrected chi connectivity index (χ2v) is 4.49. The van der Waals surface area contributed by atoms with Gasteiger partial charge in [0.05, 0.1) is 12.7 Å². The molecule has 1 fully saturated rings. The highest BCUT2D eigenvalue weighted by Gasteiger charge is 2.21. The number of rotatable bonds is 2. The van der Waals surface area contributed by atoms with Crippen LogP contribution >= 0.6 is 0 Å². The maximum absolute atomic E-state index is 12.3. The number of ether oxygens (including phenoxy) is 1. The van der Waals surface area contributed by atoms with Crippen molar-refractivity contribution in [2.24, 2.45) is 0 Å². The van der Waals surface area contributed by atoms with E-state index in [1.54, 1.807) is 23.2 Å². The van der Waals surface area contributed by atoms with Crippen molar-refractivity contribution in [3.8, 4) is 0 Å². The second kappa shape index (κ2) is 5.93. The number of aliphatic hydroxyl groups excluding tert-OH is 1. The molecular formula is C13H18N2O3. The van der Waals surface area contributed by atoms with E-state index in [1.165, 1.54) is 0 Å². The number of amides is 1. The molecule has 18 heavy (non-hydrogen) atoms. The molecule has 1 saturated heterocycles. The summed E-state index contributed by atoms with van der Waals surface area (Å²) < 4.78 is 5.51. The van der Waals surface area contributed by atoms with Gasteiger partial charge in [-0.05, 0) is 31.0 Å². The number of pyridine rings is 1. The van der Waals surface area contributed by atoms with Gasteiger partial charge in [-0.1, -0.05) is 0 Å². The zero-order valence-electron chi connectivity index (χ0n) is 10.5. The smallest absolute Gasteiger partial charge is 0.272 e. The topological polar surface area (TPSA) is 62.7 Å². The first-order valence-corrected chi connectivity index (χ1v) is 6.17. The van der Waals surface area contributed by atoms with Crippen LogP contribution in [0.25, 0.3) is 0 Å². The summed E-state index contributed by atoms with van der Waals surface area (Å²) in [6.07, 6.45) is 2.45. The number of hydrogen-bond acceptors (Lipinski definition) is 4. The molecular weight excluding hydrogens is 232 g/mol. The van der Waals surface area contributed by atoms with Crippen LogP contribution in [0.3, 0.4) is 0 Å². The van der Waals surface area contributed by atoms with Gasteiger partial charge in [0.2, 0.25) is 0 Å². The molecule has 5 nitrogen and oxygen atoms in total. The number of hydrogen-bond donors (Lipinski definition) is 1. The normalized spacial score (nSPS) is 20.6. The monoisotopic (exact) mass is 250 g/mol. The lowest BCUT2D eigenvalue weighted by Gasteiger charge is -2.21. The Morgan fingerprint density at radius 3 is 3.28 bits per heavy atom. The van der Waals surface area contributed by atoms with Crippen LogP contribution in [-0.4, -0.2) is 46.7 Å². The van der Waals surface area contributed by atoms with E-state index >= 15 is 0 Å². The molecule has 0 unspecified atom stereocenters. The molecule has 0 radical (unpaired) electrons. The lowest BCUT2D eigenvalue weighted by molar-refractivity contribution is 0.0559. The predicted molar refractivity (Wildman–Crippen MR) is 66.1 cm³/mol. The molecule has 0 bridgehead atoms. The number of aromatic nitrogens is 1. The van der Waals surface area contributed by atoms with E-state index in [4.69, 9.17) is 9.84 Å². The molecule has 0 aliphatic carbocycles. The minimum Gasteiger partial charge on any atom is -0.392 e. The first-order chi connectivity index (χ1) is 8.70. The van der Waals surface area contributed by atoms with Gasteiger partial charge in [0, 0.05) is 25.9 Å². The van der Waals surface area contributed by atoms with Crippen molar-refractivity contribution in [1.82, 2.24) is 9.88 Å². The van der Waals surface area contributed by atoms with E-state index in [1.807, 2.05) is 6.92 Å². The summed E-state index contributed by atoms with van der Waals surface area (Å²) in [4.78, 5) is 18.1. The zero-order chi connectivity index (χ0) is 13.0. The van der Waals surface area contributed by atoms with Crippen molar-refractivity contribution < 1.29 is 14.6 Å². The Morgan fingerprint density at radius 1 is 1.67 bits per heavy atom. The van der Waals surface area contributed by atoms with E-state index in [0.717, 1.165) is 6.42 Å². The van der Waals surface area contributed by atoms with Crippen LogP contribution in [0.1, 0.15) is 29.4 Å². The largest absolute Gasteiger partial charge is 0.392 e. The average molecular weight is 250 g/mol. The fourth-order valence-corrected chi connectivity index (χ4v) is 2.03. The lowest BCUT2D eigenvalue weighted by Crippen LogP contribution is -2.36. The summed E-state index contributed by atoms with van der Waals surface area (Å²) in [7, 11) is 0. The Morgan fingerprint density at radius 2 is 2.50 bits per heavy atom. The molecule has 2 rings (SSSR count). The van der Waals surface area contributed by atoms with Crippen LogP contribution < -0.4 is 0 Å². The van der Waals surface area contributed by atoms with Gasteiger partial charge >= 0.3 is 0 Å². The van der Waals surface area contributed by atoms with Crippen LogP contribution in [0.15, 0.2) is 18.3 Å². The molecule has 1 aromatic heterocycles. The van der Waals surface area contributed by atoms with Gasteiger partial charge < -0.3 is 14.7 Å².